The summed E-state index contributed by atoms with van der Waals surface area (Å²) in [5.41, 5.74) is 3.75. The van der Waals surface area contributed by atoms with Crippen molar-refractivity contribution in [2.24, 2.45) is 0 Å². The highest BCUT2D eigenvalue weighted by Gasteiger charge is 2.27. The van der Waals surface area contributed by atoms with Crippen LogP contribution in [0.4, 0.5) is 0 Å². The van der Waals surface area contributed by atoms with Crippen LogP contribution in [-0.4, -0.2) is 33.4 Å². The monoisotopic (exact) mass is 333 g/mol. The van der Waals surface area contributed by atoms with Gasteiger partial charge >= 0.3 is 0 Å². The maximum atomic E-state index is 12.8. The predicted octanol–water partition coefficient (Wildman–Crippen LogP) is 2.02. The van der Waals surface area contributed by atoms with Gasteiger partial charge in [-0.05, 0) is 36.1 Å². The molecule has 1 amide bonds. The highest BCUT2D eigenvalue weighted by molar-refractivity contribution is 5.80. The van der Waals surface area contributed by atoms with E-state index in [0.717, 1.165) is 12.8 Å². The van der Waals surface area contributed by atoms with Crippen LogP contribution in [-0.2, 0) is 24.2 Å². The van der Waals surface area contributed by atoms with E-state index < -0.39 is 0 Å². The van der Waals surface area contributed by atoms with Gasteiger partial charge in [-0.2, -0.15) is 0 Å². The molecule has 3 aromatic rings. The first kappa shape index (κ1) is 15.6. The Balaban J connectivity index is 1.57. The summed E-state index contributed by atoms with van der Waals surface area (Å²) in [4.78, 5) is 30.9. The number of nitrogens with zero attached hydrogens (tertiary/aromatic N) is 3. The summed E-state index contributed by atoms with van der Waals surface area (Å²) in [5.74, 6) is -0.0590. The Morgan fingerprint density at radius 2 is 1.76 bits per heavy atom. The van der Waals surface area contributed by atoms with Crippen LogP contribution in [0.2, 0.25) is 0 Å². The summed E-state index contributed by atoms with van der Waals surface area (Å²) in [6, 6.07) is 15.8. The van der Waals surface area contributed by atoms with Crippen molar-refractivity contribution in [2.45, 2.75) is 25.4 Å². The first-order valence-corrected chi connectivity index (χ1v) is 8.40. The number of likely N-dealkylation sites (N-methyl/N-ethyl adjacent to an activating group) is 1. The van der Waals surface area contributed by atoms with Crippen LogP contribution < -0.4 is 5.56 Å². The molecule has 0 saturated carbocycles. The summed E-state index contributed by atoms with van der Waals surface area (Å²) in [7, 11) is 1.83. The minimum absolute atomic E-state index is 0.0329. The number of hydrogen-bond donors (Lipinski definition) is 0. The Kier molecular flexibility index (Phi) is 3.84. The predicted molar refractivity (Wildman–Crippen MR) is 96.4 cm³/mol. The summed E-state index contributed by atoms with van der Waals surface area (Å²) in [6.07, 6.45) is 3.01. The molecule has 1 aliphatic rings. The number of aromatic nitrogens is 2. The van der Waals surface area contributed by atoms with Crippen molar-refractivity contribution in [3.05, 3.63) is 76.2 Å². The minimum atomic E-state index is -0.254. The van der Waals surface area contributed by atoms with Crippen molar-refractivity contribution < 1.29 is 4.79 Å². The Bertz CT molecular complexity index is 984. The molecule has 126 valence electrons. The summed E-state index contributed by atoms with van der Waals surface area (Å²) < 4.78 is 1.50. The van der Waals surface area contributed by atoms with Gasteiger partial charge in [0.15, 0.2) is 0 Å². The van der Waals surface area contributed by atoms with E-state index in [1.54, 1.807) is 4.90 Å². The van der Waals surface area contributed by atoms with Gasteiger partial charge < -0.3 is 4.90 Å². The number of carbonyl (C=O) groups is 1. The average Bonchev–Trinajstić information content (AvgIpc) is 3.07. The first-order chi connectivity index (χ1) is 12.1. The zero-order valence-electron chi connectivity index (χ0n) is 14.1. The van der Waals surface area contributed by atoms with E-state index in [1.165, 1.54) is 21.9 Å². The molecule has 0 atom stereocenters. The van der Waals surface area contributed by atoms with E-state index in [2.05, 4.69) is 17.1 Å². The molecule has 2 aromatic carbocycles. The average molecular weight is 333 g/mol. The van der Waals surface area contributed by atoms with Gasteiger partial charge in [-0.25, -0.2) is 4.98 Å². The highest BCUT2D eigenvalue weighted by Crippen LogP contribution is 2.25. The third-order valence-corrected chi connectivity index (χ3v) is 5.02. The van der Waals surface area contributed by atoms with Crippen LogP contribution in [0.15, 0.2) is 59.5 Å². The zero-order chi connectivity index (χ0) is 17.4. The molecule has 1 aromatic heterocycles. The third-order valence-electron chi connectivity index (χ3n) is 5.02. The minimum Gasteiger partial charge on any atom is -0.341 e. The second-order valence-electron chi connectivity index (χ2n) is 6.51. The van der Waals surface area contributed by atoms with Crippen molar-refractivity contribution >= 4 is 16.9 Å². The summed E-state index contributed by atoms with van der Waals surface area (Å²) in [5, 5.41) is 0. The highest BCUT2D eigenvalue weighted by atomic mass is 16.2. The molecular weight excluding hydrogens is 314 g/mol. The van der Waals surface area contributed by atoms with E-state index in [-0.39, 0.29) is 24.1 Å². The van der Waals surface area contributed by atoms with E-state index in [0.29, 0.717) is 11.0 Å². The number of fused-ring (bicyclic) bond motifs is 2. The number of benzene rings is 2. The van der Waals surface area contributed by atoms with Crippen molar-refractivity contribution in [3.63, 3.8) is 0 Å². The van der Waals surface area contributed by atoms with Gasteiger partial charge in [0, 0.05) is 13.1 Å². The van der Waals surface area contributed by atoms with Crippen molar-refractivity contribution in [1.82, 2.24) is 14.5 Å². The molecule has 0 aliphatic heterocycles. The van der Waals surface area contributed by atoms with Gasteiger partial charge in [0.05, 0.1) is 17.2 Å². The Hall–Kier alpha value is -2.95. The molecule has 5 heteroatoms. The lowest BCUT2D eigenvalue weighted by Gasteiger charge is -2.25. The molecule has 0 spiro atoms. The molecule has 0 N–H and O–H groups in total. The fourth-order valence-electron chi connectivity index (χ4n) is 3.54. The lowest BCUT2D eigenvalue weighted by Crippen LogP contribution is -2.41. The number of rotatable bonds is 3. The van der Waals surface area contributed by atoms with Crippen molar-refractivity contribution in [2.75, 3.05) is 7.05 Å². The Morgan fingerprint density at radius 3 is 2.48 bits per heavy atom. The normalized spacial score (nSPS) is 13.8. The molecule has 4 rings (SSSR count). The lowest BCUT2D eigenvalue weighted by atomic mass is 10.1. The third kappa shape index (κ3) is 2.82. The Labute approximate surface area is 145 Å². The van der Waals surface area contributed by atoms with Crippen LogP contribution in [0.1, 0.15) is 11.1 Å². The van der Waals surface area contributed by atoms with E-state index in [9.17, 15) is 9.59 Å². The van der Waals surface area contributed by atoms with E-state index in [1.807, 2.05) is 43.4 Å². The molecule has 5 nitrogen and oxygen atoms in total. The van der Waals surface area contributed by atoms with Gasteiger partial charge in [0.2, 0.25) is 5.91 Å². The van der Waals surface area contributed by atoms with E-state index >= 15 is 0 Å². The number of para-hydroxylation sites is 2. The lowest BCUT2D eigenvalue weighted by molar-refractivity contribution is -0.132. The molecule has 25 heavy (non-hydrogen) atoms. The fraction of sp³-hybridized carbons (Fsp3) is 0.250. The maximum absolute atomic E-state index is 12.8. The SMILES string of the molecule is CN(C(=O)Cn1c(=O)cnc2ccccc21)C1Cc2ccccc2C1. The molecule has 0 bridgehead atoms. The first-order valence-electron chi connectivity index (χ1n) is 8.40. The molecule has 0 unspecified atom stereocenters. The fourth-order valence-corrected chi connectivity index (χ4v) is 3.54. The van der Waals surface area contributed by atoms with Crippen LogP contribution in [0.3, 0.4) is 0 Å². The van der Waals surface area contributed by atoms with E-state index in [4.69, 9.17) is 0 Å². The molecule has 1 aliphatic carbocycles. The molecule has 1 heterocycles. The van der Waals surface area contributed by atoms with Gasteiger partial charge in [-0.1, -0.05) is 36.4 Å². The quantitative estimate of drug-likeness (QED) is 0.737. The smallest absolute Gasteiger partial charge is 0.269 e. The molecular formula is C20H19N3O2. The standard InChI is InChI=1S/C20H19N3O2/c1-22(16-10-14-6-2-3-7-15(14)11-16)20(25)13-23-18-9-5-4-8-17(18)21-12-19(23)24/h2-9,12,16H,10-11,13H2,1H3. The van der Waals surface area contributed by atoms with Crippen LogP contribution in [0.5, 0.6) is 0 Å². The van der Waals surface area contributed by atoms with Crippen LogP contribution in [0.25, 0.3) is 11.0 Å². The van der Waals surface area contributed by atoms with Crippen LogP contribution in [0, 0.1) is 0 Å². The van der Waals surface area contributed by atoms with Crippen molar-refractivity contribution in [1.29, 1.82) is 0 Å². The van der Waals surface area contributed by atoms with Crippen LogP contribution >= 0.6 is 0 Å². The summed E-state index contributed by atoms with van der Waals surface area (Å²) >= 11 is 0. The van der Waals surface area contributed by atoms with Crippen molar-refractivity contribution in [3.8, 4) is 0 Å². The second-order valence-corrected chi connectivity index (χ2v) is 6.51. The molecule has 0 fully saturated rings. The largest absolute Gasteiger partial charge is 0.341 e. The topological polar surface area (TPSA) is 55.2 Å². The van der Waals surface area contributed by atoms with Gasteiger partial charge in [-0.3, -0.25) is 14.2 Å². The molecule has 0 saturated heterocycles. The number of hydrogen-bond acceptors (Lipinski definition) is 3. The zero-order valence-corrected chi connectivity index (χ0v) is 14.1. The summed E-state index contributed by atoms with van der Waals surface area (Å²) in [6.45, 7) is 0.0329. The number of amides is 1. The molecule has 0 radical (unpaired) electrons. The number of carbonyl (C=O) groups excluding carboxylic acids is 1. The van der Waals surface area contributed by atoms with Gasteiger partial charge in [0.25, 0.3) is 5.56 Å². The van der Waals surface area contributed by atoms with Gasteiger partial charge in [0.1, 0.15) is 6.54 Å². The van der Waals surface area contributed by atoms with Gasteiger partial charge in [-0.15, -0.1) is 0 Å². The maximum Gasteiger partial charge on any atom is 0.269 e. The second kappa shape index (κ2) is 6.16. The Morgan fingerprint density at radius 1 is 1.12 bits per heavy atom.